The maximum Gasteiger partial charge on any atom is 0.329 e. The van der Waals surface area contributed by atoms with Crippen LogP contribution in [0.3, 0.4) is 0 Å². The number of halogens is 1. The highest BCUT2D eigenvalue weighted by molar-refractivity contribution is 6.30. The summed E-state index contributed by atoms with van der Waals surface area (Å²) >= 11 is 6.02. The average Bonchev–Trinajstić information content (AvgIpc) is 3.09. The van der Waals surface area contributed by atoms with E-state index in [1.807, 2.05) is 28.8 Å². The van der Waals surface area contributed by atoms with Gasteiger partial charge in [-0.25, -0.2) is 4.79 Å². The van der Waals surface area contributed by atoms with Crippen molar-refractivity contribution < 1.29 is 0 Å². The molecule has 0 aliphatic carbocycles. The van der Waals surface area contributed by atoms with Crippen molar-refractivity contribution in [1.29, 1.82) is 0 Å². The zero-order chi connectivity index (χ0) is 20.5. The lowest BCUT2D eigenvalue weighted by atomic mass is 10.2. The molecule has 0 atom stereocenters. The van der Waals surface area contributed by atoms with E-state index in [9.17, 15) is 9.59 Å². The number of nitrogens with zero attached hydrogens (tertiary/aromatic N) is 5. The minimum absolute atomic E-state index is 0.402. The van der Waals surface area contributed by atoms with Gasteiger partial charge >= 0.3 is 5.69 Å². The molecule has 1 N–H and O–H groups in total. The zero-order valence-electron chi connectivity index (χ0n) is 16.7. The fraction of sp³-hybridized carbons (Fsp3) is 0.450. The van der Waals surface area contributed by atoms with E-state index < -0.39 is 11.2 Å². The number of aromatic amines is 1. The number of H-pyrrole nitrogens is 1. The third-order valence-electron chi connectivity index (χ3n) is 5.44. The number of rotatable bonds is 5. The number of aryl methyl sites for hydroxylation is 1. The molecule has 0 saturated carbocycles. The van der Waals surface area contributed by atoms with E-state index in [0.29, 0.717) is 22.7 Å². The molecular formula is C20H25ClN6O2. The Hall–Kier alpha value is -2.58. The number of anilines is 1. The van der Waals surface area contributed by atoms with Crippen LogP contribution in [0, 0.1) is 0 Å². The Morgan fingerprint density at radius 1 is 1.10 bits per heavy atom. The smallest absolute Gasteiger partial charge is 0.329 e. The molecule has 0 unspecified atom stereocenters. The van der Waals surface area contributed by atoms with Crippen molar-refractivity contribution in [3.05, 3.63) is 55.7 Å². The van der Waals surface area contributed by atoms with Gasteiger partial charge in [-0.1, -0.05) is 30.7 Å². The SMILES string of the molecule is CCCN1CCN(c2nc3c(c(=O)[nH]c(=O)n3C)n2Cc2ccc(Cl)cc2)CC1. The van der Waals surface area contributed by atoms with E-state index in [-0.39, 0.29) is 0 Å². The molecule has 0 bridgehead atoms. The predicted octanol–water partition coefficient (Wildman–Crippen LogP) is 1.66. The van der Waals surface area contributed by atoms with Gasteiger partial charge in [-0.2, -0.15) is 4.98 Å². The summed E-state index contributed by atoms with van der Waals surface area (Å²) in [6.07, 6.45) is 1.13. The van der Waals surface area contributed by atoms with Crippen molar-refractivity contribution in [3.8, 4) is 0 Å². The van der Waals surface area contributed by atoms with Gasteiger partial charge in [0.05, 0.1) is 6.54 Å². The summed E-state index contributed by atoms with van der Waals surface area (Å²) in [5.74, 6) is 0.720. The summed E-state index contributed by atoms with van der Waals surface area (Å²) in [6.45, 7) is 7.31. The quantitative estimate of drug-likeness (QED) is 0.684. The first-order valence-electron chi connectivity index (χ1n) is 9.89. The lowest BCUT2D eigenvalue weighted by Crippen LogP contribution is -2.47. The van der Waals surface area contributed by atoms with Gasteiger partial charge in [0.25, 0.3) is 5.56 Å². The molecule has 0 amide bonds. The number of hydrogen-bond donors (Lipinski definition) is 1. The first-order valence-corrected chi connectivity index (χ1v) is 10.3. The van der Waals surface area contributed by atoms with E-state index in [0.717, 1.165) is 50.7 Å². The van der Waals surface area contributed by atoms with Crippen molar-refractivity contribution in [2.45, 2.75) is 19.9 Å². The maximum absolute atomic E-state index is 12.7. The highest BCUT2D eigenvalue weighted by atomic mass is 35.5. The largest absolute Gasteiger partial charge is 0.340 e. The molecule has 4 rings (SSSR count). The fourth-order valence-electron chi connectivity index (χ4n) is 3.87. The van der Waals surface area contributed by atoms with E-state index in [1.165, 1.54) is 4.57 Å². The fourth-order valence-corrected chi connectivity index (χ4v) is 4.00. The molecule has 1 saturated heterocycles. The summed E-state index contributed by atoms with van der Waals surface area (Å²) < 4.78 is 3.30. The Balaban J connectivity index is 1.79. The van der Waals surface area contributed by atoms with Gasteiger partial charge in [0, 0.05) is 38.2 Å². The van der Waals surface area contributed by atoms with Gasteiger partial charge in [-0.3, -0.25) is 23.8 Å². The first-order chi connectivity index (χ1) is 14.0. The molecule has 154 valence electrons. The van der Waals surface area contributed by atoms with Crippen molar-refractivity contribution >= 4 is 28.7 Å². The lowest BCUT2D eigenvalue weighted by Gasteiger charge is -2.35. The molecule has 29 heavy (non-hydrogen) atoms. The Kier molecular flexibility index (Phi) is 5.47. The van der Waals surface area contributed by atoms with Crippen molar-refractivity contribution in [2.75, 3.05) is 37.6 Å². The molecule has 1 aromatic carbocycles. The van der Waals surface area contributed by atoms with Crippen LogP contribution >= 0.6 is 11.6 Å². The minimum Gasteiger partial charge on any atom is -0.340 e. The number of aromatic nitrogens is 4. The van der Waals surface area contributed by atoms with E-state index >= 15 is 0 Å². The normalized spacial score (nSPS) is 15.3. The van der Waals surface area contributed by atoms with Gasteiger partial charge in [-0.05, 0) is 30.7 Å². The molecule has 1 fully saturated rings. The third kappa shape index (κ3) is 3.82. The second-order valence-electron chi connectivity index (χ2n) is 7.44. The van der Waals surface area contributed by atoms with Crippen molar-refractivity contribution in [1.82, 2.24) is 24.0 Å². The van der Waals surface area contributed by atoms with E-state index in [1.54, 1.807) is 7.05 Å². The number of hydrogen-bond acceptors (Lipinski definition) is 5. The Morgan fingerprint density at radius 2 is 1.79 bits per heavy atom. The van der Waals surface area contributed by atoms with Crippen LogP contribution in [0.4, 0.5) is 5.95 Å². The van der Waals surface area contributed by atoms with Gasteiger partial charge in [0.15, 0.2) is 11.2 Å². The number of fused-ring (bicyclic) bond motifs is 1. The number of benzene rings is 1. The second-order valence-corrected chi connectivity index (χ2v) is 7.88. The Labute approximate surface area is 173 Å². The molecule has 0 spiro atoms. The summed E-state index contributed by atoms with van der Waals surface area (Å²) in [4.78, 5) is 36.5. The number of piperazine rings is 1. The summed E-state index contributed by atoms with van der Waals surface area (Å²) in [6, 6.07) is 7.54. The number of imidazole rings is 1. The average molecular weight is 417 g/mol. The minimum atomic E-state index is -0.460. The van der Waals surface area contributed by atoms with E-state index in [2.05, 4.69) is 21.7 Å². The van der Waals surface area contributed by atoms with E-state index in [4.69, 9.17) is 16.6 Å². The van der Waals surface area contributed by atoms with Crippen LogP contribution in [0.1, 0.15) is 18.9 Å². The molecule has 1 aliphatic heterocycles. The molecule has 2 aromatic heterocycles. The van der Waals surface area contributed by atoms with Gasteiger partial charge < -0.3 is 4.90 Å². The highest BCUT2D eigenvalue weighted by Gasteiger charge is 2.24. The predicted molar refractivity (Wildman–Crippen MR) is 115 cm³/mol. The van der Waals surface area contributed by atoms with Gasteiger partial charge in [-0.15, -0.1) is 0 Å². The van der Waals surface area contributed by atoms with Crippen LogP contribution < -0.4 is 16.1 Å². The molecule has 1 aliphatic rings. The van der Waals surface area contributed by atoms with Crippen LogP contribution in [0.25, 0.3) is 11.2 Å². The Bertz CT molecular complexity index is 1120. The topological polar surface area (TPSA) is 79.2 Å². The van der Waals surface area contributed by atoms with Crippen LogP contribution in [0.2, 0.25) is 5.02 Å². The Morgan fingerprint density at radius 3 is 2.45 bits per heavy atom. The van der Waals surface area contributed by atoms with Crippen molar-refractivity contribution in [2.24, 2.45) is 7.05 Å². The second kappa shape index (κ2) is 8.04. The molecule has 9 heteroatoms. The van der Waals surface area contributed by atoms with Crippen LogP contribution in [0.5, 0.6) is 0 Å². The third-order valence-corrected chi connectivity index (χ3v) is 5.69. The monoisotopic (exact) mass is 416 g/mol. The maximum atomic E-state index is 12.7. The van der Waals surface area contributed by atoms with Crippen molar-refractivity contribution in [3.63, 3.8) is 0 Å². The molecular weight excluding hydrogens is 392 g/mol. The molecule has 8 nitrogen and oxygen atoms in total. The standard InChI is InChI=1S/C20H25ClN6O2/c1-3-8-25-9-11-26(12-10-25)19-22-17-16(18(28)23-20(29)24(17)2)27(19)13-14-4-6-15(21)7-5-14/h4-7H,3,8-13H2,1-2H3,(H,23,28,29). The molecule has 3 heterocycles. The van der Waals surface area contributed by atoms with Crippen LogP contribution in [0.15, 0.2) is 33.9 Å². The first kappa shape index (κ1) is 19.7. The van der Waals surface area contributed by atoms with Gasteiger partial charge in [0.1, 0.15) is 0 Å². The highest BCUT2D eigenvalue weighted by Crippen LogP contribution is 2.23. The van der Waals surface area contributed by atoms with Crippen LogP contribution in [-0.4, -0.2) is 56.7 Å². The summed E-state index contributed by atoms with van der Waals surface area (Å²) in [5, 5.41) is 0.664. The summed E-state index contributed by atoms with van der Waals surface area (Å²) in [5.41, 5.74) is 0.943. The summed E-state index contributed by atoms with van der Waals surface area (Å²) in [7, 11) is 1.63. The molecule has 3 aromatic rings. The van der Waals surface area contributed by atoms with Crippen LogP contribution in [-0.2, 0) is 13.6 Å². The van der Waals surface area contributed by atoms with Gasteiger partial charge in [0.2, 0.25) is 5.95 Å². The molecule has 0 radical (unpaired) electrons. The number of nitrogens with one attached hydrogen (secondary N) is 1. The lowest BCUT2D eigenvalue weighted by molar-refractivity contribution is 0.257. The zero-order valence-corrected chi connectivity index (χ0v) is 17.4.